The van der Waals surface area contributed by atoms with Gasteiger partial charge in [0.2, 0.25) is 0 Å². The summed E-state index contributed by atoms with van der Waals surface area (Å²) in [5, 5.41) is 13.0. The second-order valence-corrected chi connectivity index (χ2v) is 6.42. The third-order valence-electron chi connectivity index (χ3n) is 4.03. The summed E-state index contributed by atoms with van der Waals surface area (Å²) in [5.41, 5.74) is 5.25. The monoisotopic (exact) mass is 484 g/mol. The van der Waals surface area contributed by atoms with Crippen molar-refractivity contribution in [2.75, 3.05) is 24.7 Å². The molecule has 186 valence electrons. The van der Waals surface area contributed by atoms with Crippen LogP contribution < -0.4 is 10.6 Å². The Hall–Kier alpha value is -4.75. The van der Waals surface area contributed by atoms with Gasteiger partial charge in [0.1, 0.15) is 13.2 Å². The van der Waals surface area contributed by atoms with Crippen LogP contribution in [-0.2, 0) is 41.9 Å². The lowest BCUT2D eigenvalue weighted by atomic mass is 10.1. The quantitative estimate of drug-likeness (QED) is 0.521. The van der Waals surface area contributed by atoms with Gasteiger partial charge in [-0.1, -0.05) is 43.0 Å². The Morgan fingerprint density at radius 2 is 1.20 bits per heavy atom. The van der Waals surface area contributed by atoms with Gasteiger partial charge < -0.3 is 25.5 Å². The first kappa shape index (κ1) is 26.5. The molecule has 0 atom stereocenters. The summed E-state index contributed by atoms with van der Waals surface area (Å²) < 4.78 is 22.1. The lowest BCUT2D eigenvalue weighted by Crippen LogP contribution is -1.91. The smallest absolute Gasteiger partial charge is 0.373 e. The SMILES string of the molecule is C=C1C=CC(=N)C=C1.O=C=O.[2HH].[2H]C(=O)OCc1ccc(NC)cc1.[2H]C(=O)OCc1ccc(NC)cc1. The van der Waals surface area contributed by atoms with Gasteiger partial charge in [-0.15, -0.1) is 0 Å². The second-order valence-electron chi connectivity index (χ2n) is 6.42. The van der Waals surface area contributed by atoms with Gasteiger partial charge in [-0.05, 0) is 53.1 Å². The molecule has 0 heterocycles. The van der Waals surface area contributed by atoms with E-state index in [0.29, 0.717) is 5.71 Å². The molecule has 0 radical (unpaired) electrons. The maximum Gasteiger partial charge on any atom is 0.373 e. The van der Waals surface area contributed by atoms with Crippen molar-refractivity contribution in [3.63, 3.8) is 0 Å². The summed E-state index contributed by atoms with van der Waals surface area (Å²) in [5.74, 6) is 0. The van der Waals surface area contributed by atoms with Crippen LogP contribution in [0.15, 0.2) is 85.0 Å². The van der Waals surface area contributed by atoms with Crippen LogP contribution in [0, 0.1) is 5.41 Å². The van der Waals surface area contributed by atoms with E-state index in [9.17, 15) is 9.59 Å². The fraction of sp³-hybridized carbons (Fsp3) is 0.154. The maximum atomic E-state index is 10.2. The molecule has 1 aliphatic rings. The van der Waals surface area contributed by atoms with E-state index in [1.54, 1.807) is 12.2 Å². The molecule has 9 heteroatoms. The van der Waals surface area contributed by atoms with Crippen LogP contribution >= 0.6 is 0 Å². The van der Waals surface area contributed by atoms with Crippen molar-refractivity contribution >= 4 is 36.1 Å². The molecule has 1 aliphatic carbocycles. The van der Waals surface area contributed by atoms with E-state index in [0.717, 1.165) is 28.1 Å². The molecule has 0 aliphatic heterocycles. The number of anilines is 2. The predicted octanol–water partition coefficient (Wildman–Crippen LogP) is 4.15. The summed E-state index contributed by atoms with van der Waals surface area (Å²) >= 11 is 0. The zero-order valence-corrected chi connectivity index (χ0v) is 19.5. The fourth-order valence-electron chi connectivity index (χ4n) is 2.27. The van der Waals surface area contributed by atoms with Crippen molar-refractivity contribution in [2.45, 2.75) is 13.2 Å². The number of ether oxygens (including phenoxy) is 2. The lowest BCUT2D eigenvalue weighted by Gasteiger charge is -2.01. The molecular weight excluding hydrogens is 450 g/mol. The van der Waals surface area contributed by atoms with Crippen LogP contribution in [0.25, 0.3) is 0 Å². The van der Waals surface area contributed by atoms with Gasteiger partial charge >= 0.3 is 6.15 Å². The first-order valence-corrected chi connectivity index (χ1v) is 10.1. The molecule has 3 N–H and O–H groups in total. The van der Waals surface area contributed by atoms with Crippen LogP contribution in [0.4, 0.5) is 11.4 Å². The van der Waals surface area contributed by atoms with Gasteiger partial charge in [0.15, 0.2) is 2.74 Å². The Morgan fingerprint density at radius 1 is 0.857 bits per heavy atom. The molecule has 2 aromatic rings. The largest absolute Gasteiger partial charge is 0.463 e. The summed E-state index contributed by atoms with van der Waals surface area (Å²) in [4.78, 5) is 36.6. The Balaban J connectivity index is 0. The van der Waals surface area contributed by atoms with Gasteiger partial charge in [-0.25, -0.2) is 0 Å². The van der Waals surface area contributed by atoms with Gasteiger partial charge in [0, 0.05) is 26.9 Å². The highest BCUT2D eigenvalue weighted by Crippen LogP contribution is 2.09. The van der Waals surface area contributed by atoms with Crippen LogP contribution in [0.3, 0.4) is 0 Å². The molecule has 0 aromatic heterocycles. The molecule has 0 fully saturated rings. The van der Waals surface area contributed by atoms with Gasteiger partial charge in [-0.2, -0.15) is 9.59 Å². The molecule has 0 spiro atoms. The highest BCUT2D eigenvalue weighted by Gasteiger charge is 1.93. The van der Waals surface area contributed by atoms with E-state index in [2.05, 4.69) is 26.7 Å². The van der Waals surface area contributed by atoms with Crippen LogP contribution in [0.2, 0.25) is 0 Å². The Morgan fingerprint density at radius 3 is 1.46 bits per heavy atom. The van der Waals surface area contributed by atoms with E-state index >= 15 is 0 Å². The minimum absolute atomic E-state index is 0. The van der Waals surface area contributed by atoms with E-state index < -0.39 is 12.9 Å². The van der Waals surface area contributed by atoms with Gasteiger partial charge in [-0.3, -0.25) is 9.59 Å². The number of allylic oxidation sites excluding steroid dienone is 5. The Kier molecular flexibility index (Phi) is 15.1. The molecule has 2 aromatic carbocycles. The number of nitrogens with one attached hydrogen (secondary N) is 3. The Bertz CT molecular complexity index is 1010. The summed E-state index contributed by atoms with van der Waals surface area (Å²) in [6.07, 6.45) is 5.34. The molecule has 0 amide bonds. The molecule has 0 saturated carbocycles. The number of carbonyl (C=O) groups excluding carboxylic acids is 4. The molecule has 9 nitrogen and oxygen atoms in total. The van der Waals surface area contributed by atoms with E-state index in [1.807, 2.05) is 74.8 Å². The molecule has 0 saturated heterocycles. The fourth-order valence-corrected chi connectivity index (χ4v) is 2.27. The molecule has 0 bridgehead atoms. The average molecular weight is 485 g/mol. The Labute approximate surface area is 208 Å². The highest BCUT2D eigenvalue weighted by molar-refractivity contribution is 6.03. The third kappa shape index (κ3) is 15.7. The van der Waals surface area contributed by atoms with Crippen molar-refractivity contribution in [1.82, 2.24) is 0 Å². The number of rotatable bonds is 6. The van der Waals surface area contributed by atoms with Crippen molar-refractivity contribution in [1.29, 1.82) is 5.41 Å². The van der Waals surface area contributed by atoms with E-state index in [1.165, 1.54) is 0 Å². The number of carbonyl (C=O) groups is 2. The summed E-state index contributed by atoms with van der Waals surface area (Å²) in [7, 11) is 3.66. The topological polar surface area (TPSA) is 135 Å². The first-order chi connectivity index (χ1) is 17.6. The van der Waals surface area contributed by atoms with Gasteiger partial charge in [0.25, 0.3) is 12.9 Å². The molecular formula is C26H31N3O6. The van der Waals surface area contributed by atoms with Crippen LogP contribution in [0.1, 0.15) is 15.3 Å². The average Bonchev–Trinajstić information content (AvgIpc) is 2.90. The van der Waals surface area contributed by atoms with Crippen LogP contribution in [-0.4, -0.2) is 38.9 Å². The van der Waals surface area contributed by atoms with Crippen molar-refractivity contribution in [2.24, 2.45) is 0 Å². The standard InChI is InChI=1S/2C9H11NO2.C7H7N.CO2.H2/c2*1-10-9-4-2-8(3-5-9)6-12-7-11;1-6-2-4-7(8)5-3-6;2-1-3;/h2*2-5,7,10H,6H2,1H3;2-5,8H,1H2;;1H/i2*7D;;;1+1. The molecule has 3 rings (SSSR count). The predicted molar refractivity (Wildman–Crippen MR) is 136 cm³/mol. The minimum Gasteiger partial charge on any atom is -0.463 e. The number of hydrogen-bond donors (Lipinski definition) is 3. The summed E-state index contributed by atoms with van der Waals surface area (Å²) in [6.45, 7) is 4.00. The van der Waals surface area contributed by atoms with E-state index in [4.69, 9.17) is 17.7 Å². The molecule has 0 unspecified atom stereocenters. The normalized spacial score (nSPS) is 11.3. The minimum atomic E-state index is -1.00. The van der Waals surface area contributed by atoms with Crippen LogP contribution in [0.5, 0.6) is 0 Å². The first-order valence-electron chi connectivity index (χ1n) is 11.1. The second kappa shape index (κ2) is 19.9. The highest BCUT2D eigenvalue weighted by atomic mass is 16.5. The van der Waals surface area contributed by atoms with Crippen molar-refractivity contribution in [3.8, 4) is 0 Å². The number of benzene rings is 2. The van der Waals surface area contributed by atoms with Crippen molar-refractivity contribution in [3.05, 3.63) is 96.1 Å². The summed E-state index contributed by atoms with van der Waals surface area (Å²) in [6, 6.07) is 14.9. The lowest BCUT2D eigenvalue weighted by molar-refractivity contribution is -0.191. The molecule has 35 heavy (non-hydrogen) atoms. The van der Waals surface area contributed by atoms with E-state index in [-0.39, 0.29) is 20.8 Å². The zero-order valence-electron chi connectivity index (χ0n) is 21.5. The van der Waals surface area contributed by atoms with Gasteiger partial charge in [0.05, 0.1) is 5.71 Å². The zero-order chi connectivity index (χ0) is 28.1. The maximum absolute atomic E-state index is 10.2. The number of hydrogen-bond acceptors (Lipinski definition) is 9. The van der Waals surface area contributed by atoms with Crippen molar-refractivity contribution < 1.29 is 32.8 Å². The third-order valence-corrected chi connectivity index (χ3v) is 4.03.